The molecule has 1 N–H and O–H groups in total. The lowest BCUT2D eigenvalue weighted by Gasteiger charge is -2.28. The van der Waals surface area contributed by atoms with Crippen LogP contribution in [0.15, 0.2) is 11.8 Å². The van der Waals surface area contributed by atoms with E-state index in [1.807, 2.05) is 29.6 Å². The van der Waals surface area contributed by atoms with E-state index in [1.54, 1.807) is 0 Å². The average molecular weight is 232 g/mol. The van der Waals surface area contributed by atoms with Gasteiger partial charge in [-0.05, 0) is 18.9 Å². The predicted molar refractivity (Wildman–Crippen MR) is 62.8 cm³/mol. The lowest BCUT2D eigenvalue weighted by molar-refractivity contribution is 0.0930. The maximum atomic E-state index is 10.1. The Hall–Kier alpha value is 0.200. The summed E-state index contributed by atoms with van der Waals surface area (Å²) in [4.78, 5) is 0. The Balaban J connectivity index is 1.91. The minimum absolute atomic E-state index is 0.332. The summed E-state index contributed by atoms with van der Waals surface area (Å²) in [7, 11) is 0. The van der Waals surface area contributed by atoms with Crippen LogP contribution >= 0.6 is 23.5 Å². The van der Waals surface area contributed by atoms with Crippen molar-refractivity contribution in [3.8, 4) is 0 Å². The number of aliphatic hydroxyl groups excluding tert-OH is 1. The van der Waals surface area contributed by atoms with Gasteiger partial charge in [-0.1, -0.05) is 0 Å². The first kappa shape index (κ1) is 10.7. The van der Waals surface area contributed by atoms with Crippen LogP contribution < -0.4 is 0 Å². The molecule has 0 amide bonds. The lowest BCUT2D eigenvalue weighted by atomic mass is 10.1. The molecule has 1 fully saturated rings. The molecule has 4 heteroatoms. The molecule has 2 atom stereocenters. The Morgan fingerprint density at radius 3 is 3.07 bits per heavy atom. The topological polar surface area (TPSA) is 29.5 Å². The molecule has 0 spiro atoms. The zero-order chi connectivity index (χ0) is 9.80. The number of allylic oxidation sites excluding steroid dienone is 1. The van der Waals surface area contributed by atoms with Crippen LogP contribution in [0.3, 0.4) is 0 Å². The molecule has 14 heavy (non-hydrogen) atoms. The largest absolute Gasteiger partial charge is 0.495 e. The lowest BCUT2D eigenvalue weighted by Crippen LogP contribution is -2.32. The van der Waals surface area contributed by atoms with E-state index >= 15 is 0 Å². The number of aliphatic hydroxyl groups is 1. The number of hydrogen-bond acceptors (Lipinski definition) is 4. The highest BCUT2D eigenvalue weighted by Gasteiger charge is 2.27. The van der Waals surface area contributed by atoms with Crippen molar-refractivity contribution >= 4 is 23.5 Å². The summed E-state index contributed by atoms with van der Waals surface area (Å²) in [5.41, 5.74) is 0. The molecule has 0 radical (unpaired) electrons. The smallest absolute Gasteiger partial charge is 0.123 e. The van der Waals surface area contributed by atoms with Crippen LogP contribution in [-0.4, -0.2) is 40.3 Å². The summed E-state index contributed by atoms with van der Waals surface area (Å²) in [5.74, 6) is 4.23. The van der Waals surface area contributed by atoms with E-state index in [0.29, 0.717) is 5.25 Å². The monoisotopic (exact) mass is 232 g/mol. The van der Waals surface area contributed by atoms with Crippen LogP contribution in [-0.2, 0) is 4.74 Å². The van der Waals surface area contributed by atoms with Crippen molar-refractivity contribution in [1.29, 1.82) is 0 Å². The zero-order valence-corrected chi connectivity index (χ0v) is 9.78. The van der Waals surface area contributed by atoms with E-state index in [9.17, 15) is 5.11 Å². The molecule has 2 aliphatic rings. The van der Waals surface area contributed by atoms with E-state index in [-0.39, 0.29) is 6.10 Å². The van der Waals surface area contributed by atoms with E-state index in [0.717, 1.165) is 36.7 Å². The van der Waals surface area contributed by atoms with Crippen molar-refractivity contribution in [2.45, 2.75) is 24.2 Å². The van der Waals surface area contributed by atoms with Gasteiger partial charge in [0, 0.05) is 22.5 Å². The third-order valence-electron chi connectivity index (χ3n) is 2.45. The number of hydrogen-bond donors (Lipinski definition) is 1. The van der Waals surface area contributed by atoms with Gasteiger partial charge < -0.3 is 9.84 Å². The van der Waals surface area contributed by atoms with Crippen molar-refractivity contribution in [1.82, 2.24) is 0 Å². The summed E-state index contributed by atoms with van der Waals surface area (Å²) in [5, 5.41) is 10.4. The number of ether oxygens (including phenoxy) is 1. The molecule has 80 valence electrons. The van der Waals surface area contributed by atoms with Gasteiger partial charge in [0.05, 0.1) is 6.61 Å². The zero-order valence-electron chi connectivity index (χ0n) is 8.15. The van der Waals surface area contributed by atoms with Crippen molar-refractivity contribution in [2.24, 2.45) is 0 Å². The van der Waals surface area contributed by atoms with Gasteiger partial charge in [0.15, 0.2) is 0 Å². The maximum Gasteiger partial charge on any atom is 0.123 e. The van der Waals surface area contributed by atoms with E-state index < -0.39 is 0 Å². The number of rotatable bonds is 2. The van der Waals surface area contributed by atoms with Gasteiger partial charge in [-0.15, -0.1) is 0 Å². The summed E-state index contributed by atoms with van der Waals surface area (Å²) in [6.07, 6.45) is 3.81. The fraction of sp³-hybridized carbons (Fsp3) is 0.800. The molecule has 0 aliphatic carbocycles. The summed E-state index contributed by atoms with van der Waals surface area (Å²) < 4.78 is 5.48. The molecule has 0 bridgehead atoms. The second kappa shape index (κ2) is 5.33. The average Bonchev–Trinajstić information content (AvgIpc) is 2.30. The van der Waals surface area contributed by atoms with Crippen LogP contribution in [0, 0.1) is 0 Å². The molecule has 1 saturated heterocycles. The quantitative estimate of drug-likeness (QED) is 0.787. The molecule has 0 aromatic heterocycles. The van der Waals surface area contributed by atoms with Crippen molar-refractivity contribution in [2.75, 3.05) is 23.9 Å². The van der Waals surface area contributed by atoms with Crippen molar-refractivity contribution < 1.29 is 9.84 Å². The highest BCUT2D eigenvalue weighted by molar-refractivity contribution is 8.06. The van der Waals surface area contributed by atoms with E-state index in [2.05, 4.69) is 0 Å². The summed E-state index contributed by atoms with van der Waals surface area (Å²) in [6, 6.07) is 0. The minimum Gasteiger partial charge on any atom is -0.495 e. The minimum atomic E-state index is -0.381. The number of thioether (sulfide) groups is 2. The van der Waals surface area contributed by atoms with Crippen LogP contribution in [0.25, 0.3) is 0 Å². The predicted octanol–water partition coefficient (Wildman–Crippen LogP) is 1.89. The van der Waals surface area contributed by atoms with Crippen molar-refractivity contribution in [3.63, 3.8) is 0 Å². The van der Waals surface area contributed by atoms with Gasteiger partial charge in [0.2, 0.25) is 0 Å². The molecule has 0 aromatic carbocycles. The highest BCUT2D eigenvalue weighted by Crippen LogP contribution is 2.30. The van der Waals surface area contributed by atoms with Crippen LogP contribution in [0.4, 0.5) is 0 Å². The van der Waals surface area contributed by atoms with Gasteiger partial charge in [0.1, 0.15) is 11.9 Å². The van der Waals surface area contributed by atoms with Crippen LogP contribution in [0.1, 0.15) is 12.8 Å². The van der Waals surface area contributed by atoms with Crippen LogP contribution in [0.2, 0.25) is 0 Å². The Labute approximate surface area is 93.5 Å². The standard InChI is InChI=1S/C10H16O2S2/c11-10(8-3-1-2-4-12-8)9-7-13-5-6-14-9/h3,9-11H,1-2,4-7H2. The Kier molecular flexibility index (Phi) is 4.08. The molecular formula is C10H16O2S2. The highest BCUT2D eigenvalue weighted by atomic mass is 32.2. The molecule has 2 rings (SSSR count). The Bertz CT molecular complexity index is 212. The van der Waals surface area contributed by atoms with Crippen molar-refractivity contribution in [3.05, 3.63) is 11.8 Å². The van der Waals surface area contributed by atoms with Gasteiger partial charge in [-0.2, -0.15) is 23.5 Å². The first-order valence-corrected chi connectivity index (χ1v) is 7.28. The normalized spacial score (nSPS) is 30.4. The van der Waals surface area contributed by atoms with E-state index in [1.165, 1.54) is 5.75 Å². The van der Waals surface area contributed by atoms with E-state index in [4.69, 9.17) is 4.74 Å². The third kappa shape index (κ3) is 2.61. The first-order valence-electron chi connectivity index (χ1n) is 5.08. The molecular weight excluding hydrogens is 216 g/mol. The fourth-order valence-corrected chi connectivity index (χ4v) is 4.38. The third-order valence-corrected chi connectivity index (χ3v) is 5.30. The Morgan fingerprint density at radius 2 is 2.43 bits per heavy atom. The second-order valence-corrected chi connectivity index (χ2v) is 6.02. The summed E-state index contributed by atoms with van der Waals surface area (Å²) in [6.45, 7) is 0.771. The van der Waals surface area contributed by atoms with Crippen LogP contribution in [0.5, 0.6) is 0 Å². The first-order chi connectivity index (χ1) is 6.88. The fourth-order valence-electron chi connectivity index (χ4n) is 1.65. The maximum absolute atomic E-state index is 10.1. The molecule has 2 aliphatic heterocycles. The summed E-state index contributed by atoms with van der Waals surface area (Å²) >= 11 is 3.81. The van der Waals surface area contributed by atoms with Gasteiger partial charge in [0.25, 0.3) is 0 Å². The molecule has 2 unspecified atom stereocenters. The molecule has 0 aromatic rings. The van der Waals surface area contributed by atoms with Gasteiger partial charge >= 0.3 is 0 Å². The molecule has 2 heterocycles. The SMILES string of the molecule is OC(C1=CCCCO1)C1CSCCS1. The second-order valence-electron chi connectivity index (χ2n) is 3.53. The molecule has 0 saturated carbocycles. The molecule has 2 nitrogen and oxygen atoms in total. The van der Waals surface area contributed by atoms with Gasteiger partial charge in [-0.3, -0.25) is 0 Å². The Morgan fingerprint density at radius 1 is 1.50 bits per heavy atom. The van der Waals surface area contributed by atoms with Gasteiger partial charge in [-0.25, -0.2) is 0 Å².